The van der Waals surface area contributed by atoms with Crippen molar-refractivity contribution in [2.45, 2.75) is 26.1 Å². The number of benzene rings is 1. The molecule has 0 bridgehead atoms. The summed E-state index contributed by atoms with van der Waals surface area (Å²) in [6.45, 7) is 5.86. The van der Waals surface area contributed by atoms with E-state index in [0.717, 1.165) is 48.6 Å². The van der Waals surface area contributed by atoms with Crippen LogP contribution in [0.3, 0.4) is 0 Å². The summed E-state index contributed by atoms with van der Waals surface area (Å²) in [5, 5.41) is 17.2. The van der Waals surface area contributed by atoms with Gasteiger partial charge in [0, 0.05) is 55.6 Å². The Morgan fingerprint density at radius 3 is 3.06 bits per heavy atom. The van der Waals surface area contributed by atoms with E-state index in [9.17, 15) is 4.79 Å². The van der Waals surface area contributed by atoms with E-state index in [0.29, 0.717) is 17.9 Å². The third-order valence-corrected chi connectivity index (χ3v) is 6.31. The normalized spacial score (nSPS) is 18.0. The van der Waals surface area contributed by atoms with Crippen molar-refractivity contribution in [2.75, 3.05) is 26.7 Å². The van der Waals surface area contributed by atoms with Gasteiger partial charge in [0.25, 0.3) is 0 Å². The second-order valence-electron chi connectivity index (χ2n) is 8.27. The number of nitriles is 1. The van der Waals surface area contributed by atoms with Gasteiger partial charge in [-0.15, -0.1) is 0 Å². The van der Waals surface area contributed by atoms with Crippen molar-refractivity contribution in [3.8, 4) is 17.5 Å². The Labute approximate surface area is 191 Å². The van der Waals surface area contributed by atoms with Gasteiger partial charge in [-0.2, -0.15) is 10.4 Å². The van der Waals surface area contributed by atoms with Gasteiger partial charge in [-0.3, -0.25) is 4.90 Å². The smallest absolute Gasteiger partial charge is 0.338 e. The molecule has 0 amide bonds. The molecule has 0 saturated carbocycles. The number of aromatic nitrogens is 3. The Hall–Kier alpha value is -3.74. The lowest BCUT2D eigenvalue weighted by Gasteiger charge is -2.34. The minimum Gasteiger partial charge on any atom is -0.494 e. The van der Waals surface area contributed by atoms with Crippen LogP contribution in [-0.4, -0.2) is 52.4 Å². The van der Waals surface area contributed by atoms with E-state index in [1.165, 1.54) is 12.7 Å². The van der Waals surface area contributed by atoms with Crippen LogP contribution in [0.4, 0.5) is 0 Å². The topological polar surface area (TPSA) is 105 Å². The van der Waals surface area contributed by atoms with E-state index < -0.39 is 0 Å². The summed E-state index contributed by atoms with van der Waals surface area (Å²) >= 11 is 0. The van der Waals surface area contributed by atoms with Crippen molar-refractivity contribution >= 4 is 5.97 Å². The second-order valence-corrected chi connectivity index (χ2v) is 8.27. The number of piperazine rings is 1. The van der Waals surface area contributed by atoms with Crippen molar-refractivity contribution < 1.29 is 14.3 Å². The number of rotatable bonds is 5. The number of methoxy groups -OCH3 is 1. The fraction of sp³-hybridized carbons (Fsp3) is 0.333. The number of nitrogens with zero attached hydrogens (tertiary/aromatic N) is 5. The quantitative estimate of drug-likeness (QED) is 0.598. The number of ether oxygens (including phenoxy) is 2. The Morgan fingerprint density at radius 2 is 2.24 bits per heavy atom. The van der Waals surface area contributed by atoms with Gasteiger partial charge >= 0.3 is 5.97 Å². The highest BCUT2D eigenvalue weighted by Gasteiger charge is 2.28. The van der Waals surface area contributed by atoms with Crippen LogP contribution in [0.1, 0.15) is 44.3 Å². The van der Waals surface area contributed by atoms with Crippen LogP contribution in [0.15, 0.2) is 36.8 Å². The molecule has 1 aromatic carbocycles. The molecular weight excluding hydrogens is 420 g/mol. The van der Waals surface area contributed by atoms with E-state index in [2.05, 4.69) is 27.2 Å². The second kappa shape index (κ2) is 8.65. The Bertz CT molecular complexity index is 1260. The van der Waals surface area contributed by atoms with Crippen molar-refractivity contribution in [3.05, 3.63) is 70.3 Å². The maximum absolute atomic E-state index is 11.9. The monoisotopic (exact) mass is 444 g/mol. The average molecular weight is 444 g/mol. The molecule has 9 heteroatoms. The van der Waals surface area contributed by atoms with Crippen LogP contribution in [0.25, 0.3) is 5.69 Å². The van der Waals surface area contributed by atoms with Crippen LogP contribution in [0.2, 0.25) is 0 Å². The lowest BCUT2D eigenvalue weighted by atomic mass is 9.93. The molecule has 0 radical (unpaired) electrons. The number of hydrogen-bond donors (Lipinski definition) is 1. The molecule has 4 heterocycles. The Balaban J connectivity index is 1.30. The number of fused-ring (bicyclic) bond motifs is 1. The fourth-order valence-corrected chi connectivity index (χ4v) is 4.55. The van der Waals surface area contributed by atoms with E-state index in [1.807, 2.05) is 30.6 Å². The molecule has 1 N–H and O–H groups in total. The van der Waals surface area contributed by atoms with Gasteiger partial charge in [-0.05, 0) is 24.1 Å². The molecule has 1 saturated heterocycles. The molecule has 0 spiro atoms. The first kappa shape index (κ1) is 21.1. The molecule has 2 aliphatic rings. The lowest BCUT2D eigenvalue weighted by molar-refractivity contribution is 0.0535. The van der Waals surface area contributed by atoms with Crippen LogP contribution in [0.5, 0.6) is 5.75 Å². The third kappa shape index (κ3) is 3.95. The number of carbonyl (C=O) groups excluding carboxylic acids is 1. The van der Waals surface area contributed by atoms with Crippen molar-refractivity contribution in [2.24, 2.45) is 0 Å². The number of hydrogen-bond acceptors (Lipinski definition) is 8. The number of cyclic esters (lactones) is 1. The molecule has 0 unspecified atom stereocenters. The SMILES string of the molecule is COc1cc(-n2cc(CN3CCN[C@H](c4ccc5c(c4C)COC5=O)C3)cn2)cnc1C#N. The van der Waals surface area contributed by atoms with Crippen LogP contribution in [0, 0.1) is 18.3 Å². The van der Waals surface area contributed by atoms with Gasteiger partial charge in [0.05, 0.1) is 30.8 Å². The van der Waals surface area contributed by atoms with E-state index >= 15 is 0 Å². The van der Waals surface area contributed by atoms with Crippen LogP contribution < -0.4 is 10.1 Å². The molecule has 1 fully saturated rings. The molecule has 2 aromatic heterocycles. The van der Waals surface area contributed by atoms with E-state index in [4.69, 9.17) is 14.7 Å². The van der Waals surface area contributed by atoms with Gasteiger partial charge < -0.3 is 14.8 Å². The lowest BCUT2D eigenvalue weighted by Crippen LogP contribution is -2.45. The predicted molar refractivity (Wildman–Crippen MR) is 119 cm³/mol. The first-order chi connectivity index (χ1) is 16.1. The fourth-order valence-electron chi connectivity index (χ4n) is 4.55. The number of esters is 1. The molecule has 168 valence electrons. The highest BCUT2D eigenvalue weighted by Crippen LogP contribution is 2.30. The summed E-state index contributed by atoms with van der Waals surface area (Å²) in [5.41, 5.74) is 6.10. The summed E-state index contributed by atoms with van der Waals surface area (Å²) < 4.78 is 12.2. The summed E-state index contributed by atoms with van der Waals surface area (Å²) in [7, 11) is 1.52. The van der Waals surface area contributed by atoms with Gasteiger partial charge in [-0.25, -0.2) is 14.5 Å². The van der Waals surface area contributed by atoms with Crippen LogP contribution in [-0.2, 0) is 17.9 Å². The van der Waals surface area contributed by atoms with Gasteiger partial charge in [0.2, 0.25) is 0 Å². The van der Waals surface area contributed by atoms with Crippen molar-refractivity contribution in [1.82, 2.24) is 25.0 Å². The minimum atomic E-state index is -0.232. The number of carbonyl (C=O) groups is 1. The molecule has 33 heavy (non-hydrogen) atoms. The van der Waals surface area contributed by atoms with Gasteiger partial charge in [0.15, 0.2) is 11.4 Å². The zero-order valence-electron chi connectivity index (χ0n) is 18.5. The molecule has 2 aliphatic heterocycles. The maximum Gasteiger partial charge on any atom is 0.338 e. The first-order valence-electron chi connectivity index (χ1n) is 10.8. The van der Waals surface area contributed by atoms with Crippen molar-refractivity contribution in [1.29, 1.82) is 5.26 Å². The maximum atomic E-state index is 11.9. The molecule has 0 aliphatic carbocycles. The molecule has 5 rings (SSSR count). The summed E-state index contributed by atoms with van der Waals surface area (Å²) in [5.74, 6) is 0.193. The molecule has 1 atom stereocenters. The third-order valence-electron chi connectivity index (χ3n) is 6.31. The zero-order valence-corrected chi connectivity index (χ0v) is 18.5. The summed E-state index contributed by atoms with van der Waals surface area (Å²) in [6.07, 6.45) is 5.44. The van der Waals surface area contributed by atoms with E-state index in [1.54, 1.807) is 16.9 Å². The highest BCUT2D eigenvalue weighted by molar-refractivity contribution is 5.94. The number of nitrogens with one attached hydrogen (secondary N) is 1. The first-order valence-corrected chi connectivity index (χ1v) is 10.8. The standard InChI is InChI=1S/C24H24N6O3/c1-15-18(3-4-19-20(15)14-33-24(19)31)22-13-29(6-5-26-22)11-16-9-28-30(12-16)17-7-23(32-2)21(8-25)27-10-17/h3-4,7,9-10,12,22,26H,5-6,11,13-14H2,1-2H3/t22-/m0/s1. The Kier molecular flexibility index (Phi) is 5.54. The molecule has 9 nitrogen and oxygen atoms in total. The largest absolute Gasteiger partial charge is 0.494 e. The summed E-state index contributed by atoms with van der Waals surface area (Å²) in [6, 6.07) is 7.89. The predicted octanol–water partition coefficient (Wildman–Crippen LogP) is 2.27. The minimum absolute atomic E-state index is 0.182. The highest BCUT2D eigenvalue weighted by atomic mass is 16.5. The van der Waals surface area contributed by atoms with Gasteiger partial charge in [-0.1, -0.05) is 6.07 Å². The number of pyridine rings is 1. The van der Waals surface area contributed by atoms with Crippen molar-refractivity contribution in [3.63, 3.8) is 0 Å². The van der Waals surface area contributed by atoms with Crippen LogP contribution >= 0.6 is 0 Å². The zero-order chi connectivity index (χ0) is 22.9. The van der Waals surface area contributed by atoms with E-state index in [-0.39, 0.29) is 17.7 Å². The van der Waals surface area contributed by atoms with Gasteiger partial charge in [0.1, 0.15) is 12.7 Å². The molecule has 3 aromatic rings. The summed E-state index contributed by atoms with van der Waals surface area (Å²) in [4.78, 5) is 18.4. The molecular formula is C24H24N6O3. The Morgan fingerprint density at radius 1 is 1.36 bits per heavy atom. The average Bonchev–Trinajstić information content (AvgIpc) is 3.46.